The van der Waals surface area contributed by atoms with Crippen LogP contribution >= 0.6 is 0 Å². The third-order valence-corrected chi connectivity index (χ3v) is 3.16. The van der Waals surface area contributed by atoms with E-state index in [4.69, 9.17) is 0 Å². The zero-order valence-corrected chi connectivity index (χ0v) is 10.9. The molecule has 3 rings (SSSR count). The molecule has 98 valence electrons. The van der Waals surface area contributed by atoms with Crippen molar-refractivity contribution < 1.29 is 0 Å². The van der Waals surface area contributed by atoms with Crippen molar-refractivity contribution in [1.29, 1.82) is 0 Å². The van der Waals surface area contributed by atoms with Crippen molar-refractivity contribution in [3.8, 4) is 0 Å². The molecule has 0 atom stereocenters. The molecular weight excluding hydrogens is 238 g/mol. The number of anilines is 1. The summed E-state index contributed by atoms with van der Waals surface area (Å²) in [5, 5.41) is 11.5. The van der Waals surface area contributed by atoms with Crippen LogP contribution in [0.5, 0.6) is 0 Å². The average Bonchev–Trinajstić information content (AvgIpc) is 3.05. The Labute approximate surface area is 111 Å². The lowest BCUT2D eigenvalue weighted by atomic mass is 10.2. The van der Waals surface area contributed by atoms with E-state index in [-0.39, 0.29) is 0 Å². The molecule has 0 aliphatic heterocycles. The van der Waals surface area contributed by atoms with Crippen LogP contribution in [0.15, 0.2) is 36.8 Å². The number of nitrogens with one attached hydrogen (secondary N) is 2. The normalized spacial score (nSPS) is 11.0. The summed E-state index contributed by atoms with van der Waals surface area (Å²) in [7, 11) is 0. The average molecular weight is 255 g/mol. The highest BCUT2D eigenvalue weighted by atomic mass is 15.1. The van der Waals surface area contributed by atoms with Gasteiger partial charge >= 0.3 is 0 Å². The number of aromatic amines is 1. The standard InChI is InChI=1S/C14H17N5/c1-2-6-19-7-5-15-14(19)10-16-12-3-4-13-11(8-12)9-17-18-13/h3-5,7-9,16H,2,6,10H2,1H3,(H,17,18). The molecule has 5 nitrogen and oxygen atoms in total. The summed E-state index contributed by atoms with van der Waals surface area (Å²) in [4.78, 5) is 4.38. The fourth-order valence-electron chi connectivity index (χ4n) is 2.19. The predicted molar refractivity (Wildman–Crippen MR) is 75.9 cm³/mol. The van der Waals surface area contributed by atoms with Crippen molar-refractivity contribution in [2.45, 2.75) is 26.4 Å². The SMILES string of the molecule is CCCn1ccnc1CNc1ccc2[nH]ncc2c1. The van der Waals surface area contributed by atoms with E-state index < -0.39 is 0 Å². The quantitative estimate of drug-likeness (QED) is 0.737. The summed E-state index contributed by atoms with van der Waals surface area (Å²) in [5.74, 6) is 1.06. The van der Waals surface area contributed by atoms with Gasteiger partial charge in [0.15, 0.2) is 0 Å². The molecule has 0 unspecified atom stereocenters. The van der Waals surface area contributed by atoms with Crippen LogP contribution in [0.2, 0.25) is 0 Å². The van der Waals surface area contributed by atoms with Crippen LogP contribution in [0.25, 0.3) is 10.9 Å². The molecule has 19 heavy (non-hydrogen) atoms. The van der Waals surface area contributed by atoms with Gasteiger partial charge in [0.25, 0.3) is 0 Å². The summed E-state index contributed by atoms with van der Waals surface area (Å²) in [6.07, 6.45) is 6.83. The van der Waals surface area contributed by atoms with Gasteiger partial charge in [0.1, 0.15) is 5.82 Å². The Morgan fingerprint density at radius 3 is 3.21 bits per heavy atom. The number of imidazole rings is 1. The molecular formula is C14H17N5. The molecule has 5 heteroatoms. The van der Waals surface area contributed by atoms with E-state index in [9.17, 15) is 0 Å². The first-order valence-electron chi connectivity index (χ1n) is 6.54. The van der Waals surface area contributed by atoms with Gasteiger partial charge in [-0.25, -0.2) is 4.98 Å². The Morgan fingerprint density at radius 2 is 2.32 bits per heavy atom. The second-order valence-electron chi connectivity index (χ2n) is 4.56. The summed E-state index contributed by atoms with van der Waals surface area (Å²) >= 11 is 0. The van der Waals surface area contributed by atoms with Gasteiger partial charge in [0.05, 0.1) is 18.3 Å². The largest absolute Gasteiger partial charge is 0.378 e. The van der Waals surface area contributed by atoms with Crippen LogP contribution in [0, 0.1) is 0 Å². The van der Waals surface area contributed by atoms with E-state index >= 15 is 0 Å². The molecule has 2 aromatic heterocycles. The smallest absolute Gasteiger partial charge is 0.128 e. The van der Waals surface area contributed by atoms with Gasteiger partial charge < -0.3 is 9.88 Å². The van der Waals surface area contributed by atoms with E-state index in [1.165, 1.54) is 0 Å². The number of benzene rings is 1. The Balaban J connectivity index is 1.72. The number of hydrogen-bond donors (Lipinski definition) is 2. The van der Waals surface area contributed by atoms with Crippen LogP contribution < -0.4 is 5.32 Å². The van der Waals surface area contributed by atoms with Gasteiger partial charge in [-0.3, -0.25) is 5.10 Å². The Morgan fingerprint density at radius 1 is 1.37 bits per heavy atom. The van der Waals surface area contributed by atoms with Crippen LogP contribution in [0.3, 0.4) is 0 Å². The predicted octanol–water partition coefficient (Wildman–Crippen LogP) is 2.78. The first-order valence-corrected chi connectivity index (χ1v) is 6.54. The number of nitrogens with zero attached hydrogens (tertiary/aromatic N) is 3. The molecule has 0 spiro atoms. The van der Waals surface area contributed by atoms with Crippen LogP contribution in [-0.2, 0) is 13.1 Å². The molecule has 0 saturated carbocycles. The van der Waals surface area contributed by atoms with Gasteiger partial charge in [-0.05, 0) is 24.6 Å². The van der Waals surface area contributed by atoms with Gasteiger partial charge in [-0.15, -0.1) is 0 Å². The van der Waals surface area contributed by atoms with E-state index in [1.807, 2.05) is 30.7 Å². The summed E-state index contributed by atoms with van der Waals surface area (Å²) in [5.41, 5.74) is 2.14. The molecule has 0 radical (unpaired) electrons. The maximum atomic E-state index is 4.38. The van der Waals surface area contributed by atoms with E-state index in [1.54, 1.807) is 0 Å². The maximum absolute atomic E-state index is 4.38. The highest BCUT2D eigenvalue weighted by Crippen LogP contribution is 2.17. The number of fused-ring (bicyclic) bond motifs is 1. The summed E-state index contributed by atoms with van der Waals surface area (Å²) in [6, 6.07) is 6.17. The first kappa shape index (κ1) is 11.8. The van der Waals surface area contributed by atoms with E-state index in [2.05, 4.69) is 38.1 Å². The number of hydrogen-bond acceptors (Lipinski definition) is 3. The lowest BCUT2D eigenvalue weighted by molar-refractivity contribution is 0.644. The number of aromatic nitrogens is 4. The highest BCUT2D eigenvalue weighted by Gasteiger charge is 2.02. The third-order valence-electron chi connectivity index (χ3n) is 3.16. The Kier molecular flexibility index (Phi) is 3.18. The minimum absolute atomic E-state index is 0.732. The minimum atomic E-state index is 0.732. The first-order chi connectivity index (χ1) is 9.36. The highest BCUT2D eigenvalue weighted by molar-refractivity contribution is 5.81. The number of aryl methyl sites for hydroxylation is 1. The van der Waals surface area contributed by atoms with Crippen molar-refractivity contribution in [2.24, 2.45) is 0 Å². The van der Waals surface area contributed by atoms with Crippen molar-refractivity contribution in [3.63, 3.8) is 0 Å². The van der Waals surface area contributed by atoms with Crippen LogP contribution in [-0.4, -0.2) is 19.7 Å². The van der Waals surface area contributed by atoms with Gasteiger partial charge in [-0.2, -0.15) is 5.10 Å². The van der Waals surface area contributed by atoms with Gasteiger partial charge in [-0.1, -0.05) is 6.92 Å². The van der Waals surface area contributed by atoms with E-state index in [0.29, 0.717) is 0 Å². The molecule has 3 aromatic rings. The molecule has 0 fully saturated rings. The Hall–Kier alpha value is -2.30. The second-order valence-corrected chi connectivity index (χ2v) is 4.56. The molecule has 0 aliphatic carbocycles. The fraction of sp³-hybridized carbons (Fsp3) is 0.286. The fourth-order valence-corrected chi connectivity index (χ4v) is 2.19. The summed E-state index contributed by atoms with van der Waals surface area (Å²) in [6.45, 7) is 3.91. The summed E-state index contributed by atoms with van der Waals surface area (Å²) < 4.78 is 2.18. The molecule has 1 aromatic carbocycles. The minimum Gasteiger partial charge on any atom is -0.378 e. The topological polar surface area (TPSA) is 58.5 Å². The lowest BCUT2D eigenvalue weighted by Crippen LogP contribution is -2.08. The van der Waals surface area contributed by atoms with Gasteiger partial charge in [0.2, 0.25) is 0 Å². The molecule has 0 bridgehead atoms. The third kappa shape index (κ3) is 2.45. The molecule has 2 N–H and O–H groups in total. The number of rotatable bonds is 5. The van der Waals surface area contributed by atoms with Crippen molar-refractivity contribution in [1.82, 2.24) is 19.7 Å². The second kappa shape index (κ2) is 5.14. The number of H-pyrrole nitrogens is 1. The molecule has 0 amide bonds. The lowest BCUT2D eigenvalue weighted by Gasteiger charge is -2.08. The zero-order valence-electron chi connectivity index (χ0n) is 10.9. The molecule has 2 heterocycles. The maximum Gasteiger partial charge on any atom is 0.128 e. The van der Waals surface area contributed by atoms with E-state index in [0.717, 1.165) is 41.9 Å². The monoisotopic (exact) mass is 255 g/mol. The van der Waals surface area contributed by atoms with Crippen LogP contribution in [0.1, 0.15) is 19.2 Å². The molecule has 0 aliphatic rings. The van der Waals surface area contributed by atoms with Crippen molar-refractivity contribution in [3.05, 3.63) is 42.6 Å². The van der Waals surface area contributed by atoms with Gasteiger partial charge in [0, 0.05) is 30.0 Å². The van der Waals surface area contributed by atoms with Crippen LogP contribution in [0.4, 0.5) is 5.69 Å². The zero-order chi connectivity index (χ0) is 13.1. The van der Waals surface area contributed by atoms with Crippen molar-refractivity contribution in [2.75, 3.05) is 5.32 Å². The Bertz CT molecular complexity index is 667. The van der Waals surface area contributed by atoms with Crippen molar-refractivity contribution >= 4 is 16.6 Å². The molecule has 0 saturated heterocycles.